The van der Waals surface area contributed by atoms with Gasteiger partial charge in [0.25, 0.3) is 0 Å². The Balaban J connectivity index is 1.40. The summed E-state index contributed by atoms with van der Waals surface area (Å²) in [5.74, 6) is 2.40. The Morgan fingerprint density at radius 1 is 1.06 bits per heavy atom. The Bertz CT molecular complexity index is 1340. The van der Waals surface area contributed by atoms with Crippen molar-refractivity contribution in [2.75, 3.05) is 25.2 Å². The molecule has 0 amide bonds. The Labute approximate surface area is 204 Å². The van der Waals surface area contributed by atoms with Crippen molar-refractivity contribution in [1.82, 2.24) is 9.97 Å². The highest BCUT2D eigenvalue weighted by molar-refractivity contribution is 7.91. The molecule has 184 valence electrons. The molecule has 2 aliphatic rings. The van der Waals surface area contributed by atoms with Gasteiger partial charge in [-0.05, 0) is 55.7 Å². The fraction of sp³-hybridized carbons (Fsp3) is 0.423. The van der Waals surface area contributed by atoms with Crippen LogP contribution in [0.3, 0.4) is 0 Å². The molecule has 1 aromatic carbocycles. The first-order valence-electron chi connectivity index (χ1n) is 11.9. The SMILES string of the molecule is COc1cc(-c2cc3ncccc3c(OC[C@H]3CCC(=O)C3)n2)ccc1OC1CCS(=O)(=O)CC1. The Kier molecular flexibility index (Phi) is 6.60. The molecule has 0 bridgehead atoms. The second kappa shape index (κ2) is 9.81. The molecule has 1 aliphatic heterocycles. The highest BCUT2D eigenvalue weighted by Crippen LogP contribution is 2.36. The highest BCUT2D eigenvalue weighted by Gasteiger charge is 2.26. The molecule has 1 atom stereocenters. The molecule has 0 N–H and O–H groups in total. The van der Waals surface area contributed by atoms with Crippen LogP contribution in [0.15, 0.2) is 42.6 Å². The number of Topliss-reactive ketones (excluding diaryl/α,β-unsaturated/α-hetero) is 1. The molecule has 1 aliphatic carbocycles. The zero-order chi connectivity index (χ0) is 24.4. The van der Waals surface area contributed by atoms with Crippen molar-refractivity contribution >= 4 is 26.5 Å². The average Bonchev–Trinajstić information content (AvgIpc) is 3.28. The van der Waals surface area contributed by atoms with Gasteiger partial charge >= 0.3 is 0 Å². The summed E-state index contributed by atoms with van der Waals surface area (Å²) in [5.41, 5.74) is 2.26. The van der Waals surface area contributed by atoms with Crippen molar-refractivity contribution in [1.29, 1.82) is 0 Å². The third kappa shape index (κ3) is 5.40. The number of pyridine rings is 2. The molecular formula is C26H28N2O6S. The van der Waals surface area contributed by atoms with E-state index in [0.29, 0.717) is 55.4 Å². The molecule has 0 spiro atoms. The zero-order valence-corrected chi connectivity index (χ0v) is 20.4. The van der Waals surface area contributed by atoms with Crippen LogP contribution in [0.25, 0.3) is 22.2 Å². The van der Waals surface area contributed by atoms with Crippen molar-refractivity contribution in [3.05, 3.63) is 42.6 Å². The van der Waals surface area contributed by atoms with Crippen LogP contribution in [0.2, 0.25) is 0 Å². The first kappa shape index (κ1) is 23.5. The minimum atomic E-state index is -2.96. The predicted molar refractivity (Wildman–Crippen MR) is 132 cm³/mol. The van der Waals surface area contributed by atoms with Crippen LogP contribution in [0.1, 0.15) is 32.1 Å². The average molecular weight is 497 g/mol. The lowest BCUT2D eigenvalue weighted by atomic mass is 10.1. The van der Waals surface area contributed by atoms with Crippen LogP contribution in [0.4, 0.5) is 0 Å². The van der Waals surface area contributed by atoms with Crippen molar-refractivity contribution in [2.24, 2.45) is 5.92 Å². The van der Waals surface area contributed by atoms with Gasteiger partial charge in [-0.1, -0.05) is 0 Å². The van der Waals surface area contributed by atoms with E-state index in [1.807, 2.05) is 36.4 Å². The Hall–Kier alpha value is -3.20. The molecule has 9 heteroatoms. The first-order chi connectivity index (χ1) is 16.9. The number of carbonyl (C=O) groups excluding carboxylic acids is 1. The Morgan fingerprint density at radius 3 is 2.63 bits per heavy atom. The fourth-order valence-electron chi connectivity index (χ4n) is 4.62. The summed E-state index contributed by atoms with van der Waals surface area (Å²) in [6.45, 7) is 0.444. The molecular weight excluding hydrogens is 468 g/mol. The van der Waals surface area contributed by atoms with E-state index in [0.717, 1.165) is 22.9 Å². The van der Waals surface area contributed by atoms with Gasteiger partial charge in [-0.15, -0.1) is 0 Å². The molecule has 3 heterocycles. The van der Waals surface area contributed by atoms with Gasteiger partial charge in [-0.3, -0.25) is 9.78 Å². The van der Waals surface area contributed by atoms with E-state index in [-0.39, 0.29) is 29.3 Å². The molecule has 5 rings (SSSR count). The summed E-state index contributed by atoms with van der Waals surface area (Å²) in [5, 5.41) is 0.819. The summed E-state index contributed by atoms with van der Waals surface area (Å²) in [7, 11) is -1.38. The second-order valence-corrected chi connectivity index (χ2v) is 11.5. The maximum absolute atomic E-state index is 11.7. The van der Waals surface area contributed by atoms with E-state index >= 15 is 0 Å². The molecule has 2 aromatic heterocycles. The van der Waals surface area contributed by atoms with Gasteiger partial charge < -0.3 is 14.2 Å². The van der Waals surface area contributed by atoms with E-state index < -0.39 is 9.84 Å². The van der Waals surface area contributed by atoms with Crippen LogP contribution in [0.5, 0.6) is 17.4 Å². The van der Waals surface area contributed by atoms with Crippen molar-refractivity contribution in [2.45, 2.75) is 38.2 Å². The van der Waals surface area contributed by atoms with Gasteiger partial charge in [0.2, 0.25) is 5.88 Å². The lowest BCUT2D eigenvalue weighted by Crippen LogP contribution is -2.30. The van der Waals surface area contributed by atoms with Crippen molar-refractivity contribution < 1.29 is 27.4 Å². The van der Waals surface area contributed by atoms with Gasteiger partial charge in [-0.2, -0.15) is 0 Å². The number of aromatic nitrogens is 2. The summed E-state index contributed by atoms with van der Waals surface area (Å²) >= 11 is 0. The van der Waals surface area contributed by atoms with Crippen molar-refractivity contribution in [3.63, 3.8) is 0 Å². The number of carbonyl (C=O) groups is 1. The van der Waals surface area contributed by atoms with Gasteiger partial charge in [0.05, 0.1) is 41.8 Å². The zero-order valence-electron chi connectivity index (χ0n) is 19.6. The quantitative estimate of drug-likeness (QED) is 0.483. The number of methoxy groups -OCH3 is 1. The third-order valence-corrected chi connectivity index (χ3v) is 8.34. The molecule has 35 heavy (non-hydrogen) atoms. The number of fused-ring (bicyclic) bond motifs is 1. The normalized spacial score (nSPS) is 20.1. The van der Waals surface area contributed by atoms with Gasteiger partial charge in [0, 0.05) is 30.5 Å². The standard InChI is InChI=1S/C26H28N2O6S/c1-32-25-14-18(5-7-24(25)34-20-8-11-35(30,31)12-9-20)22-15-23-21(3-2-10-27-23)26(28-22)33-16-17-4-6-19(29)13-17/h2-3,5,7,10,14-15,17,20H,4,6,8-9,11-13,16H2,1H3/t17-/m0/s1. The first-order valence-corrected chi connectivity index (χ1v) is 13.7. The number of rotatable bonds is 7. The molecule has 0 radical (unpaired) electrons. The van der Waals surface area contributed by atoms with Crippen LogP contribution in [0, 0.1) is 5.92 Å². The highest BCUT2D eigenvalue weighted by atomic mass is 32.2. The van der Waals surface area contributed by atoms with E-state index in [9.17, 15) is 13.2 Å². The molecule has 2 fully saturated rings. The lowest BCUT2D eigenvalue weighted by molar-refractivity contribution is -0.117. The lowest BCUT2D eigenvalue weighted by Gasteiger charge is -2.24. The molecule has 1 saturated carbocycles. The summed E-state index contributed by atoms with van der Waals surface area (Å²) < 4.78 is 41.2. The van der Waals surface area contributed by atoms with Crippen LogP contribution in [-0.2, 0) is 14.6 Å². The number of ether oxygens (including phenoxy) is 3. The maximum Gasteiger partial charge on any atom is 0.223 e. The number of benzene rings is 1. The maximum atomic E-state index is 11.7. The number of hydrogen-bond acceptors (Lipinski definition) is 8. The van der Waals surface area contributed by atoms with Crippen LogP contribution in [-0.4, -0.2) is 55.5 Å². The number of hydrogen-bond donors (Lipinski definition) is 0. The fourth-order valence-corrected chi connectivity index (χ4v) is 6.07. The number of sulfone groups is 1. The minimum Gasteiger partial charge on any atom is -0.493 e. The molecule has 3 aromatic rings. The summed E-state index contributed by atoms with van der Waals surface area (Å²) in [6, 6.07) is 11.3. The van der Waals surface area contributed by atoms with Crippen LogP contribution < -0.4 is 14.2 Å². The van der Waals surface area contributed by atoms with Gasteiger partial charge in [0.15, 0.2) is 21.3 Å². The van der Waals surface area contributed by atoms with E-state index in [1.165, 1.54) is 0 Å². The monoisotopic (exact) mass is 496 g/mol. The molecule has 0 unspecified atom stereocenters. The van der Waals surface area contributed by atoms with Crippen molar-refractivity contribution in [3.8, 4) is 28.6 Å². The Morgan fingerprint density at radius 2 is 1.89 bits per heavy atom. The third-order valence-electron chi connectivity index (χ3n) is 6.62. The molecule has 1 saturated heterocycles. The van der Waals surface area contributed by atoms with Gasteiger partial charge in [0.1, 0.15) is 11.9 Å². The largest absolute Gasteiger partial charge is 0.493 e. The predicted octanol–water partition coefficient (Wildman–Crippen LogP) is 4.01. The number of nitrogens with zero attached hydrogens (tertiary/aromatic N) is 2. The second-order valence-electron chi connectivity index (χ2n) is 9.18. The topological polar surface area (TPSA) is 105 Å². The summed E-state index contributed by atoms with van der Waals surface area (Å²) in [4.78, 5) is 20.9. The molecule has 8 nitrogen and oxygen atoms in total. The van der Waals surface area contributed by atoms with E-state index in [4.69, 9.17) is 19.2 Å². The van der Waals surface area contributed by atoms with Gasteiger partial charge in [-0.25, -0.2) is 13.4 Å². The number of ketones is 1. The summed E-state index contributed by atoms with van der Waals surface area (Å²) in [6.07, 6.45) is 4.53. The van der Waals surface area contributed by atoms with E-state index in [1.54, 1.807) is 13.3 Å². The van der Waals surface area contributed by atoms with E-state index in [2.05, 4.69) is 4.98 Å². The minimum absolute atomic E-state index is 0.143. The smallest absolute Gasteiger partial charge is 0.223 e. The van der Waals surface area contributed by atoms with Crippen LogP contribution >= 0.6 is 0 Å².